The molecule has 0 aromatic carbocycles. The Morgan fingerprint density at radius 2 is 2.00 bits per heavy atom. The zero-order valence-electron chi connectivity index (χ0n) is 9.24. The molecule has 0 aromatic rings. The van der Waals surface area contributed by atoms with Crippen LogP contribution in [0, 0.1) is 0 Å². The Bertz CT molecular complexity index is 165. The van der Waals surface area contributed by atoms with Gasteiger partial charge < -0.3 is 19.5 Å². The summed E-state index contributed by atoms with van der Waals surface area (Å²) >= 11 is 0. The van der Waals surface area contributed by atoms with E-state index in [4.69, 9.17) is 14.2 Å². The summed E-state index contributed by atoms with van der Waals surface area (Å²) in [6.45, 7) is 5.07. The standard InChI is InChI=1S/C11H21NO3/c1-2-10(14-5-1)3-4-12-8-11-9-13-6-7-15-11/h10-12H,1-9H2. The zero-order valence-corrected chi connectivity index (χ0v) is 9.24. The number of nitrogens with one attached hydrogen (secondary N) is 1. The van der Waals surface area contributed by atoms with Crippen molar-refractivity contribution in [3.63, 3.8) is 0 Å². The molecule has 1 N–H and O–H groups in total. The fraction of sp³-hybridized carbons (Fsp3) is 1.00. The minimum absolute atomic E-state index is 0.239. The summed E-state index contributed by atoms with van der Waals surface area (Å²) < 4.78 is 16.4. The summed E-state index contributed by atoms with van der Waals surface area (Å²) in [6, 6.07) is 0. The molecule has 0 saturated carbocycles. The first kappa shape index (κ1) is 11.3. The van der Waals surface area contributed by atoms with E-state index in [1.807, 2.05) is 0 Å². The minimum atomic E-state index is 0.239. The Morgan fingerprint density at radius 3 is 2.73 bits per heavy atom. The Labute approximate surface area is 91.3 Å². The van der Waals surface area contributed by atoms with E-state index >= 15 is 0 Å². The van der Waals surface area contributed by atoms with E-state index in [1.165, 1.54) is 12.8 Å². The van der Waals surface area contributed by atoms with Gasteiger partial charge in [0.15, 0.2) is 0 Å². The lowest BCUT2D eigenvalue weighted by atomic mass is 10.2. The second kappa shape index (κ2) is 6.43. The lowest BCUT2D eigenvalue weighted by molar-refractivity contribution is -0.0864. The van der Waals surface area contributed by atoms with Crippen LogP contribution in [0.25, 0.3) is 0 Å². The third-order valence-electron chi connectivity index (χ3n) is 2.92. The third kappa shape index (κ3) is 4.07. The van der Waals surface area contributed by atoms with Crippen LogP contribution in [0.15, 0.2) is 0 Å². The maximum Gasteiger partial charge on any atom is 0.0933 e. The van der Waals surface area contributed by atoms with Crippen molar-refractivity contribution in [2.45, 2.75) is 31.5 Å². The van der Waals surface area contributed by atoms with Gasteiger partial charge >= 0.3 is 0 Å². The fourth-order valence-electron chi connectivity index (χ4n) is 2.05. The average molecular weight is 215 g/mol. The van der Waals surface area contributed by atoms with Crippen LogP contribution in [0.4, 0.5) is 0 Å². The molecule has 4 heteroatoms. The van der Waals surface area contributed by atoms with Gasteiger partial charge in [0.2, 0.25) is 0 Å². The zero-order chi connectivity index (χ0) is 10.3. The predicted octanol–water partition coefficient (Wildman–Crippen LogP) is 0.560. The molecule has 2 unspecified atom stereocenters. The highest BCUT2D eigenvalue weighted by Crippen LogP contribution is 2.14. The molecular formula is C11H21NO3. The highest BCUT2D eigenvalue weighted by atomic mass is 16.6. The van der Waals surface area contributed by atoms with Crippen LogP contribution in [0.1, 0.15) is 19.3 Å². The predicted molar refractivity (Wildman–Crippen MR) is 57.0 cm³/mol. The molecule has 15 heavy (non-hydrogen) atoms. The summed E-state index contributed by atoms with van der Waals surface area (Å²) in [5.74, 6) is 0. The summed E-state index contributed by atoms with van der Waals surface area (Å²) in [5, 5.41) is 3.40. The monoisotopic (exact) mass is 215 g/mol. The van der Waals surface area contributed by atoms with Gasteiger partial charge in [-0.25, -0.2) is 0 Å². The molecule has 4 nitrogen and oxygen atoms in total. The fourth-order valence-corrected chi connectivity index (χ4v) is 2.05. The second-order valence-corrected chi connectivity index (χ2v) is 4.20. The maximum absolute atomic E-state index is 5.55. The second-order valence-electron chi connectivity index (χ2n) is 4.20. The Morgan fingerprint density at radius 1 is 1.07 bits per heavy atom. The number of hydrogen-bond donors (Lipinski definition) is 1. The molecule has 0 amide bonds. The van der Waals surface area contributed by atoms with Crippen molar-refractivity contribution in [1.82, 2.24) is 5.32 Å². The van der Waals surface area contributed by atoms with E-state index in [-0.39, 0.29) is 6.10 Å². The minimum Gasteiger partial charge on any atom is -0.378 e. The van der Waals surface area contributed by atoms with Gasteiger partial charge in [0, 0.05) is 13.2 Å². The third-order valence-corrected chi connectivity index (χ3v) is 2.92. The molecule has 88 valence electrons. The van der Waals surface area contributed by atoms with Crippen LogP contribution in [-0.2, 0) is 14.2 Å². The molecule has 2 aliphatic rings. The number of ether oxygens (including phenoxy) is 3. The smallest absolute Gasteiger partial charge is 0.0933 e. The molecule has 2 saturated heterocycles. The molecule has 2 rings (SSSR count). The van der Waals surface area contributed by atoms with Crippen molar-refractivity contribution < 1.29 is 14.2 Å². The Hall–Kier alpha value is -0.160. The normalized spacial score (nSPS) is 32.0. The SMILES string of the molecule is C1COC(CCNCC2COCCO2)C1. The van der Waals surface area contributed by atoms with Crippen LogP contribution in [-0.4, -0.2) is 51.7 Å². The lowest BCUT2D eigenvalue weighted by Crippen LogP contribution is -2.38. The van der Waals surface area contributed by atoms with E-state index in [9.17, 15) is 0 Å². The molecule has 0 aliphatic carbocycles. The van der Waals surface area contributed by atoms with Crippen molar-refractivity contribution >= 4 is 0 Å². The highest BCUT2D eigenvalue weighted by Gasteiger charge is 2.16. The first-order valence-electron chi connectivity index (χ1n) is 5.97. The topological polar surface area (TPSA) is 39.7 Å². The van der Waals surface area contributed by atoms with Gasteiger partial charge in [-0.05, 0) is 25.8 Å². The van der Waals surface area contributed by atoms with Gasteiger partial charge in [0.25, 0.3) is 0 Å². The number of hydrogen-bond acceptors (Lipinski definition) is 4. The van der Waals surface area contributed by atoms with E-state index in [2.05, 4.69) is 5.32 Å². The lowest BCUT2D eigenvalue weighted by Gasteiger charge is -2.23. The first-order chi connectivity index (χ1) is 7.45. The number of rotatable bonds is 5. The van der Waals surface area contributed by atoms with Gasteiger partial charge in [-0.1, -0.05) is 0 Å². The van der Waals surface area contributed by atoms with Crippen LogP contribution in [0.3, 0.4) is 0 Å². The van der Waals surface area contributed by atoms with Crippen LogP contribution < -0.4 is 5.32 Å². The summed E-state index contributed by atoms with van der Waals surface area (Å²) in [7, 11) is 0. The van der Waals surface area contributed by atoms with Crippen LogP contribution >= 0.6 is 0 Å². The molecule has 0 bridgehead atoms. The van der Waals surface area contributed by atoms with Gasteiger partial charge in [-0.2, -0.15) is 0 Å². The summed E-state index contributed by atoms with van der Waals surface area (Å²) in [6.07, 6.45) is 4.30. The van der Waals surface area contributed by atoms with E-state index in [1.54, 1.807) is 0 Å². The quantitative estimate of drug-likeness (QED) is 0.680. The van der Waals surface area contributed by atoms with Crippen molar-refractivity contribution in [3.8, 4) is 0 Å². The van der Waals surface area contributed by atoms with Gasteiger partial charge in [0.1, 0.15) is 0 Å². The first-order valence-corrected chi connectivity index (χ1v) is 5.97. The molecular weight excluding hydrogens is 194 g/mol. The maximum atomic E-state index is 5.55. The van der Waals surface area contributed by atoms with Gasteiger partial charge in [-0.15, -0.1) is 0 Å². The highest BCUT2D eigenvalue weighted by molar-refractivity contribution is 4.68. The van der Waals surface area contributed by atoms with E-state index in [0.717, 1.165) is 45.9 Å². The van der Waals surface area contributed by atoms with E-state index in [0.29, 0.717) is 6.10 Å². The Balaban J connectivity index is 1.47. The van der Waals surface area contributed by atoms with E-state index < -0.39 is 0 Å². The molecule has 2 atom stereocenters. The molecule has 2 heterocycles. The average Bonchev–Trinajstić information content (AvgIpc) is 2.79. The van der Waals surface area contributed by atoms with Gasteiger partial charge in [-0.3, -0.25) is 0 Å². The summed E-state index contributed by atoms with van der Waals surface area (Å²) in [4.78, 5) is 0. The van der Waals surface area contributed by atoms with Crippen molar-refractivity contribution in [2.24, 2.45) is 0 Å². The largest absolute Gasteiger partial charge is 0.378 e. The van der Waals surface area contributed by atoms with Crippen molar-refractivity contribution in [2.75, 3.05) is 39.5 Å². The van der Waals surface area contributed by atoms with Crippen molar-refractivity contribution in [3.05, 3.63) is 0 Å². The van der Waals surface area contributed by atoms with Crippen molar-refractivity contribution in [1.29, 1.82) is 0 Å². The summed E-state index contributed by atoms with van der Waals surface area (Å²) in [5.41, 5.74) is 0. The molecule has 2 aliphatic heterocycles. The molecule has 2 fully saturated rings. The van der Waals surface area contributed by atoms with Gasteiger partial charge in [0.05, 0.1) is 32.0 Å². The Kier molecular flexibility index (Phi) is 4.86. The molecule has 0 aromatic heterocycles. The van der Waals surface area contributed by atoms with Crippen LogP contribution in [0.2, 0.25) is 0 Å². The molecule has 0 radical (unpaired) electrons. The molecule has 0 spiro atoms. The van der Waals surface area contributed by atoms with Crippen LogP contribution in [0.5, 0.6) is 0 Å².